The SMILES string of the molecule is NNCc1csnn1. The van der Waals surface area contributed by atoms with Crippen molar-refractivity contribution in [1.29, 1.82) is 0 Å². The molecule has 0 radical (unpaired) electrons. The maximum atomic E-state index is 5.01. The number of aromatic nitrogens is 2. The van der Waals surface area contributed by atoms with Crippen LogP contribution in [0.15, 0.2) is 5.38 Å². The summed E-state index contributed by atoms with van der Waals surface area (Å²) in [5.74, 6) is 5.01. The molecule has 1 aromatic heterocycles. The van der Waals surface area contributed by atoms with Crippen molar-refractivity contribution in [3.05, 3.63) is 11.1 Å². The fraction of sp³-hybridized carbons (Fsp3) is 0.333. The van der Waals surface area contributed by atoms with Crippen LogP contribution in [0.5, 0.6) is 0 Å². The van der Waals surface area contributed by atoms with E-state index in [1.54, 1.807) is 0 Å². The van der Waals surface area contributed by atoms with E-state index >= 15 is 0 Å². The average Bonchev–Trinajstić information content (AvgIpc) is 2.19. The van der Waals surface area contributed by atoms with Gasteiger partial charge < -0.3 is 0 Å². The Morgan fingerprint density at radius 2 is 2.75 bits per heavy atom. The lowest BCUT2D eigenvalue weighted by molar-refractivity contribution is 0.719. The van der Waals surface area contributed by atoms with Gasteiger partial charge in [-0.15, -0.1) is 5.10 Å². The van der Waals surface area contributed by atoms with E-state index in [1.165, 1.54) is 11.5 Å². The first-order chi connectivity index (χ1) is 3.93. The van der Waals surface area contributed by atoms with E-state index in [1.807, 2.05) is 5.38 Å². The first kappa shape index (κ1) is 5.61. The molecule has 0 atom stereocenters. The van der Waals surface area contributed by atoms with Gasteiger partial charge in [-0.2, -0.15) is 0 Å². The fourth-order valence-electron chi connectivity index (χ4n) is 0.366. The predicted octanol–water partition coefficient (Wildman–Crippen LogP) is -0.499. The molecule has 0 amide bonds. The van der Waals surface area contributed by atoms with E-state index in [0.717, 1.165) is 5.69 Å². The van der Waals surface area contributed by atoms with Gasteiger partial charge in [-0.3, -0.25) is 11.3 Å². The Kier molecular flexibility index (Phi) is 1.90. The molecule has 0 saturated heterocycles. The van der Waals surface area contributed by atoms with Gasteiger partial charge in [-0.05, 0) is 11.5 Å². The van der Waals surface area contributed by atoms with Crippen molar-refractivity contribution >= 4 is 11.5 Å². The predicted molar refractivity (Wildman–Crippen MR) is 30.9 cm³/mol. The molecule has 0 aromatic carbocycles. The largest absolute Gasteiger partial charge is 0.271 e. The van der Waals surface area contributed by atoms with E-state index in [4.69, 9.17) is 5.84 Å². The van der Waals surface area contributed by atoms with Crippen LogP contribution in [-0.4, -0.2) is 9.59 Å². The molecule has 0 aliphatic rings. The van der Waals surface area contributed by atoms with Crippen molar-refractivity contribution in [3.8, 4) is 0 Å². The molecule has 0 saturated carbocycles. The Labute approximate surface area is 50.8 Å². The summed E-state index contributed by atoms with van der Waals surface area (Å²) in [5.41, 5.74) is 3.36. The summed E-state index contributed by atoms with van der Waals surface area (Å²) in [7, 11) is 0. The summed E-state index contributed by atoms with van der Waals surface area (Å²) in [6, 6.07) is 0. The van der Waals surface area contributed by atoms with E-state index in [2.05, 4.69) is 15.0 Å². The molecular formula is C3H6N4S. The van der Waals surface area contributed by atoms with Gasteiger partial charge in [0.15, 0.2) is 0 Å². The van der Waals surface area contributed by atoms with Crippen LogP contribution in [0.2, 0.25) is 0 Å². The molecule has 3 N–H and O–H groups in total. The summed E-state index contributed by atoms with van der Waals surface area (Å²) < 4.78 is 3.64. The third-order valence-corrected chi connectivity index (χ3v) is 1.24. The zero-order valence-electron chi connectivity index (χ0n) is 4.16. The molecule has 0 fully saturated rings. The number of hydrogen-bond donors (Lipinski definition) is 2. The van der Waals surface area contributed by atoms with Crippen LogP contribution in [0.4, 0.5) is 0 Å². The Morgan fingerprint density at radius 1 is 1.88 bits per heavy atom. The van der Waals surface area contributed by atoms with Crippen molar-refractivity contribution in [2.24, 2.45) is 5.84 Å². The minimum atomic E-state index is 0.594. The normalized spacial score (nSPS) is 9.62. The van der Waals surface area contributed by atoms with Crippen LogP contribution in [0, 0.1) is 0 Å². The molecule has 0 spiro atoms. The first-order valence-electron chi connectivity index (χ1n) is 2.13. The van der Waals surface area contributed by atoms with Gasteiger partial charge in [0.05, 0.1) is 12.2 Å². The minimum Gasteiger partial charge on any atom is -0.271 e. The Bertz CT molecular complexity index is 137. The second-order valence-corrected chi connectivity index (χ2v) is 1.89. The van der Waals surface area contributed by atoms with E-state index in [9.17, 15) is 0 Å². The Morgan fingerprint density at radius 3 is 3.25 bits per heavy atom. The number of nitrogens with two attached hydrogens (primary N) is 1. The van der Waals surface area contributed by atoms with Crippen LogP contribution in [0.1, 0.15) is 5.69 Å². The van der Waals surface area contributed by atoms with Gasteiger partial charge in [0.2, 0.25) is 0 Å². The molecule has 0 aliphatic carbocycles. The fourth-order valence-corrected chi connectivity index (χ4v) is 0.817. The molecule has 0 aliphatic heterocycles. The van der Waals surface area contributed by atoms with Crippen molar-refractivity contribution in [3.63, 3.8) is 0 Å². The van der Waals surface area contributed by atoms with Gasteiger partial charge in [0, 0.05) is 5.38 Å². The minimum absolute atomic E-state index is 0.594. The molecule has 1 heterocycles. The van der Waals surface area contributed by atoms with E-state index in [0.29, 0.717) is 6.54 Å². The van der Waals surface area contributed by atoms with Crippen LogP contribution in [0.3, 0.4) is 0 Å². The van der Waals surface area contributed by atoms with E-state index < -0.39 is 0 Å². The van der Waals surface area contributed by atoms with Crippen LogP contribution in [-0.2, 0) is 6.54 Å². The molecule has 0 unspecified atom stereocenters. The number of nitrogens with one attached hydrogen (secondary N) is 1. The van der Waals surface area contributed by atoms with Crippen molar-refractivity contribution in [2.45, 2.75) is 6.54 Å². The van der Waals surface area contributed by atoms with Gasteiger partial charge >= 0.3 is 0 Å². The Balaban J connectivity index is 2.50. The maximum absolute atomic E-state index is 5.01. The summed E-state index contributed by atoms with van der Waals surface area (Å²) in [6.45, 7) is 0.594. The quantitative estimate of drug-likeness (QED) is 0.418. The lowest BCUT2D eigenvalue weighted by Crippen LogP contribution is -2.20. The second kappa shape index (κ2) is 2.71. The van der Waals surface area contributed by atoms with Crippen molar-refractivity contribution < 1.29 is 0 Å². The number of hydrazine groups is 1. The van der Waals surface area contributed by atoms with E-state index in [-0.39, 0.29) is 0 Å². The third-order valence-electron chi connectivity index (χ3n) is 0.688. The molecule has 5 heteroatoms. The Hall–Kier alpha value is -0.520. The van der Waals surface area contributed by atoms with Crippen molar-refractivity contribution in [1.82, 2.24) is 15.0 Å². The van der Waals surface area contributed by atoms with Crippen LogP contribution < -0.4 is 11.3 Å². The van der Waals surface area contributed by atoms with Gasteiger partial charge in [0.1, 0.15) is 0 Å². The molecule has 8 heavy (non-hydrogen) atoms. The summed E-state index contributed by atoms with van der Waals surface area (Å²) in [6.07, 6.45) is 0. The topological polar surface area (TPSA) is 63.8 Å². The summed E-state index contributed by atoms with van der Waals surface area (Å²) >= 11 is 1.32. The molecule has 1 rings (SSSR count). The van der Waals surface area contributed by atoms with Crippen LogP contribution in [0.25, 0.3) is 0 Å². The molecule has 0 bridgehead atoms. The molecular weight excluding hydrogens is 124 g/mol. The molecule has 1 aromatic rings. The third kappa shape index (κ3) is 1.22. The molecule has 44 valence electrons. The highest BCUT2D eigenvalue weighted by Gasteiger charge is 1.89. The lowest BCUT2D eigenvalue weighted by Gasteiger charge is -1.87. The zero-order chi connectivity index (χ0) is 5.82. The highest BCUT2D eigenvalue weighted by atomic mass is 32.1. The maximum Gasteiger partial charge on any atom is 0.0907 e. The summed E-state index contributed by atoms with van der Waals surface area (Å²) in [5, 5.41) is 5.58. The number of rotatable bonds is 2. The average molecular weight is 130 g/mol. The highest BCUT2D eigenvalue weighted by molar-refractivity contribution is 7.03. The van der Waals surface area contributed by atoms with Crippen LogP contribution >= 0.6 is 11.5 Å². The zero-order valence-corrected chi connectivity index (χ0v) is 4.98. The monoisotopic (exact) mass is 130 g/mol. The highest BCUT2D eigenvalue weighted by Crippen LogP contribution is 1.93. The number of hydrogen-bond acceptors (Lipinski definition) is 5. The first-order valence-corrected chi connectivity index (χ1v) is 2.96. The number of nitrogens with zero attached hydrogens (tertiary/aromatic N) is 2. The van der Waals surface area contributed by atoms with Gasteiger partial charge in [-0.1, -0.05) is 4.49 Å². The van der Waals surface area contributed by atoms with Gasteiger partial charge in [-0.25, -0.2) is 0 Å². The standard InChI is InChI=1S/C3H6N4S/c4-5-1-3-2-8-7-6-3/h2,5H,1,4H2. The van der Waals surface area contributed by atoms with Crippen molar-refractivity contribution in [2.75, 3.05) is 0 Å². The molecule has 4 nitrogen and oxygen atoms in total. The second-order valence-electron chi connectivity index (χ2n) is 1.28. The smallest absolute Gasteiger partial charge is 0.0907 e. The summed E-state index contributed by atoms with van der Waals surface area (Å²) in [4.78, 5) is 0. The lowest BCUT2D eigenvalue weighted by atomic mass is 10.5. The van der Waals surface area contributed by atoms with Gasteiger partial charge in [0.25, 0.3) is 0 Å².